The van der Waals surface area contributed by atoms with Crippen molar-refractivity contribution in [1.29, 1.82) is 0 Å². The Morgan fingerprint density at radius 1 is 0.329 bits per heavy atom. The summed E-state index contributed by atoms with van der Waals surface area (Å²) in [7, 11) is 0. The summed E-state index contributed by atoms with van der Waals surface area (Å²) in [5.41, 5.74) is 22.7. The van der Waals surface area contributed by atoms with Crippen LogP contribution in [0.3, 0.4) is 0 Å². The molecule has 0 radical (unpaired) electrons. The monoisotopic (exact) mass is 1080 g/mol. The van der Waals surface area contributed by atoms with E-state index in [0.717, 1.165) is 101 Å². The van der Waals surface area contributed by atoms with Crippen LogP contribution < -0.4 is 9.97 Å². The number of hydrogen-bond donors (Lipinski definition) is 0. The van der Waals surface area contributed by atoms with Crippen LogP contribution >= 0.6 is 0 Å². The molecule has 0 saturated heterocycles. The van der Waals surface area contributed by atoms with Gasteiger partial charge in [-0.05, 0) is 153 Å². The van der Waals surface area contributed by atoms with E-state index in [0.29, 0.717) is 0 Å². The Labute approximate surface area is 480 Å². The topological polar surface area (TPSA) is 79.8 Å². The summed E-state index contributed by atoms with van der Waals surface area (Å²) < 4.78 is 0. The first kappa shape index (κ1) is 56.8. The van der Waals surface area contributed by atoms with Crippen LogP contribution in [0.2, 0.25) is 0 Å². The van der Waals surface area contributed by atoms with E-state index in [4.69, 9.17) is 29.9 Å². The Hall–Kier alpha value is -6.95. The van der Waals surface area contributed by atoms with Crippen molar-refractivity contribution in [2.75, 3.05) is 0 Å². The first-order valence-corrected chi connectivity index (χ1v) is 27.8. The van der Waals surface area contributed by atoms with E-state index < -0.39 is 0 Å². The van der Waals surface area contributed by atoms with E-state index in [1.165, 1.54) is 33.4 Å². The molecule has 0 unspecified atom stereocenters. The van der Waals surface area contributed by atoms with E-state index in [-0.39, 0.29) is 49.0 Å². The number of pyridine rings is 2. The summed E-state index contributed by atoms with van der Waals surface area (Å²) in [4.78, 5) is 33.0. The molecule has 2 aliphatic rings. The Morgan fingerprint density at radius 2 is 0.696 bits per heavy atom. The third kappa shape index (κ3) is 11.6. The summed E-state index contributed by atoms with van der Waals surface area (Å²) >= 11 is 0. The molecular weight excluding hydrogens is 1010 g/mol. The van der Waals surface area contributed by atoms with Crippen molar-refractivity contribution in [3.63, 3.8) is 0 Å². The van der Waals surface area contributed by atoms with Crippen LogP contribution in [-0.4, -0.2) is 19.9 Å². The maximum absolute atomic E-state index is 5.80. The second-order valence-corrected chi connectivity index (χ2v) is 27.9. The fourth-order valence-corrected chi connectivity index (χ4v) is 10.4. The maximum atomic E-state index is 5.80. The zero-order chi connectivity index (χ0) is 56.1. The van der Waals surface area contributed by atoms with Gasteiger partial charge in [0.1, 0.15) is 0 Å². The SMILES string of the molecule is CC(C)(C)c1cc(-c2c3nc(c(-c4cc(C(C)(C)C)cc(C(C)(C)C)c4)c4ccc([n-]4)c(-c4cc(C(C)(C)C)cc(C(C)(C)C)c4)c4nc(cc5[n-]c2cc5-c2ccccn2)C(c2ccccn2)=C4)C=C3)cc(C(C)(C)C)c1.[Ni+2]. The zero-order valence-electron chi connectivity index (χ0n) is 49.9. The number of rotatable bonds is 5. The van der Waals surface area contributed by atoms with Gasteiger partial charge in [0.15, 0.2) is 0 Å². The third-order valence-corrected chi connectivity index (χ3v) is 15.4. The van der Waals surface area contributed by atoms with Crippen LogP contribution in [0.5, 0.6) is 0 Å². The Kier molecular flexibility index (Phi) is 14.6. The predicted molar refractivity (Wildman–Crippen MR) is 331 cm³/mol. The Balaban J connectivity index is 0.00000757. The average molecular weight is 1090 g/mol. The van der Waals surface area contributed by atoms with Crippen LogP contribution in [0, 0.1) is 0 Å². The molecule has 2 aliphatic heterocycles. The van der Waals surface area contributed by atoms with Crippen LogP contribution in [0.15, 0.2) is 128 Å². The molecule has 0 N–H and O–H groups in total. The van der Waals surface area contributed by atoms with Crippen LogP contribution in [0.4, 0.5) is 0 Å². The van der Waals surface area contributed by atoms with Gasteiger partial charge in [-0.15, -0.1) is 22.1 Å². The molecule has 0 saturated carbocycles. The summed E-state index contributed by atoms with van der Waals surface area (Å²) in [6.07, 6.45) is 10.3. The van der Waals surface area contributed by atoms with Crippen molar-refractivity contribution in [2.24, 2.45) is 0 Å². The molecular formula is C72H78N6Ni. The van der Waals surface area contributed by atoms with E-state index in [1.54, 1.807) is 0 Å². The van der Waals surface area contributed by atoms with Crippen LogP contribution in [0.1, 0.15) is 186 Å². The third-order valence-electron chi connectivity index (χ3n) is 15.4. The first-order valence-electron chi connectivity index (χ1n) is 27.8. The predicted octanol–water partition coefficient (Wildman–Crippen LogP) is 18.6. The first-order chi connectivity index (χ1) is 36.4. The van der Waals surface area contributed by atoms with Gasteiger partial charge in [-0.3, -0.25) is 9.97 Å². The maximum Gasteiger partial charge on any atom is 2.00 e. The van der Waals surface area contributed by atoms with Crippen LogP contribution in [0.25, 0.3) is 90.5 Å². The molecule has 0 fully saturated rings. The van der Waals surface area contributed by atoms with Crippen molar-refractivity contribution in [2.45, 2.75) is 157 Å². The Bertz CT molecular complexity index is 3780. The van der Waals surface area contributed by atoms with Gasteiger partial charge < -0.3 is 9.97 Å². The average Bonchev–Trinajstić information content (AvgIpc) is 4.36. The van der Waals surface area contributed by atoms with Crippen molar-refractivity contribution >= 4 is 45.9 Å². The fraction of sp³-hybridized carbons (Fsp3) is 0.333. The molecule has 6 nitrogen and oxygen atoms in total. The van der Waals surface area contributed by atoms with E-state index in [1.807, 2.05) is 36.7 Å². The standard InChI is InChI=1S/C72H78N6.Ni/c1-67(2,3)46-31-43(32-47(37-46)68(4,5)6)64-56-25-27-58(75-56)65(44-33-48(69(7,8)9)38-49(34-44)70(10,11)12)62-40-52(54-23-19-21-29-73-54)60(77-62)42-61-53(55-24-20-22-30-74-55)41-63(78-61)66(59-28-26-57(64)76-59)45-35-50(71(13,14)15)39-51(36-45)72(16,17)18;/h19-42H,1-18H3;/q-2;+2. The van der Waals surface area contributed by atoms with Gasteiger partial charge in [0.2, 0.25) is 0 Å². The van der Waals surface area contributed by atoms with Gasteiger partial charge in [0, 0.05) is 18.0 Å². The quantitative estimate of drug-likeness (QED) is 0.160. The fourth-order valence-electron chi connectivity index (χ4n) is 10.4. The van der Waals surface area contributed by atoms with Gasteiger partial charge in [-0.2, -0.15) is 0 Å². The van der Waals surface area contributed by atoms with Crippen molar-refractivity contribution < 1.29 is 16.5 Å². The molecule has 0 spiro atoms. The molecule has 7 heterocycles. The van der Waals surface area contributed by atoms with E-state index >= 15 is 0 Å². The summed E-state index contributed by atoms with van der Waals surface area (Å²) in [6, 6.07) is 42.2. The van der Waals surface area contributed by atoms with Crippen molar-refractivity contribution in [1.82, 2.24) is 29.9 Å². The molecule has 3 aromatic carbocycles. The minimum atomic E-state index is -0.136. The van der Waals surface area contributed by atoms with Gasteiger partial charge in [-0.1, -0.05) is 210 Å². The molecule has 79 heavy (non-hydrogen) atoms. The smallest absolute Gasteiger partial charge is 0.657 e. The van der Waals surface area contributed by atoms with Crippen molar-refractivity contribution in [3.8, 4) is 44.6 Å². The van der Waals surface area contributed by atoms with Gasteiger partial charge >= 0.3 is 16.5 Å². The molecule has 8 aromatic rings. The number of aromatic nitrogens is 6. The minimum Gasteiger partial charge on any atom is -0.657 e. The second kappa shape index (κ2) is 20.3. The zero-order valence-corrected chi connectivity index (χ0v) is 50.8. The largest absolute Gasteiger partial charge is 2.00 e. The molecule has 0 atom stereocenters. The van der Waals surface area contributed by atoms with Crippen molar-refractivity contribution in [3.05, 3.63) is 190 Å². The van der Waals surface area contributed by atoms with Gasteiger partial charge in [-0.25, -0.2) is 9.97 Å². The van der Waals surface area contributed by atoms with Gasteiger partial charge in [0.25, 0.3) is 0 Å². The van der Waals surface area contributed by atoms with E-state index in [2.05, 4.69) is 234 Å². The molecule has 5 aromatic heterocycles. The normalized spacial score (nSPS) is 13.4. The molecule has 8 bridgehead atoms. The molecule has 406 valence electrons. The van der Waals surface area contributed by atoms with E-state index in [9.17, 15) is 0 Å². The molecule has 7 heteroatoms. The molecule has 0 amide bonds. The van der Waals surface area contributed by atoms with Crippen LogP contribution in [-0.2, 0) is 49.0 Å². The second-order valence-electron chi connectivity index (χ2n) is 27.9. The number of benzene rings is 3. The summed E-state index contributed by atoms with van der Waals surface area (Å²) in [5.74, 6) is 0. The summed E-state index contributed by atoms with van der Waals surface area (Å²) in [5, 5.41) is 0. The minimum absolute atomic E-state index is 0. The number of fused-ring (bicyclic) bond motifs is 8. The van der Waals surface area contributed by atoms with Gasteiger partial charge in [0.05, 0.1) is 34.2 Å². The molecule has 10 rings (SSSR count). The molecule has 0 aliphatic carbocycles. The number of hydrogen-bond acceptors (Lipinski definition) is 4. The number of nitrogens with zero attached hydrogens (tertiary/aromatic N) is 6. The Morgan fingerprint density at radius 3 is 1.08 bits per heavy atom. The summed E-state index contributed by atoms with van der Waals surface area (Å²) in [6.45, 7) is 41.3.